The van der Waals surface area contributed by atoms with Crippen molar-refractivity contribution in [3.05, 3.63) is 28.5 Å². The molecule has 2 N–H and O–H groups in total. The molecule has 0 aliphatic rings. The second kappa shape index (κ2) is 3.85. The highest BCUT2D eigenvalue weighted by molar-refractivity contribution is 6.30. The maximum atomic E-state index is 11.0. The van der Waals surface area contributed by atoms with Crippen LogP contribution in [0.1, 0.15) is 24.2 Å². The molecule has 1 aromatic heterocycles. The number of Topliss-reactive ketones (excluding diaryl/α,β-unsaturated/α-hetero) is 1. The Hall–Kier alpha value is -0.930. The average molecular weight is 199 g/mol. The Bertz CT molecular complexity index is 338. The van der Waals surface area contributed by atoms with E-state index in [0.717, 1.165) is 5.69 Å². The van der Waals surface area contributed by atoms with Gasteiger partial charge in [-0.05, 0) is 19.9 Å². The first kappa shape index (κ1) is 10.2. The first-order valence-corrected chi connectivity index (χ1v) is 4.29. The van der Waals surface area contributed by atoms with E-state index in [-0.39, 0.29) is 5.78 Å². The molecule has 13 heavy (non-hydrogen) atoms. The summed E-state index contributed by atoms with van der Waals surface area (Å²) in [6.07, 6.45) is 0. The first-order chi connectivity index (χ1) is 6.02. The van der Waals surface area contributed by atoms with Crippen LogP contribution in [0.25, 0.3) is 0 Å². The lowest BCUT2D eigenvalue weighted by Gasteiger charge is -2.09. The maximum absolute atomic E-state index is 11.0. The fourth-order valence-corrected chi connectivity index (χ4v) is 1.30. The lowest BCUT2D eigenvalue weighted by molar-refractivity contribution is -0.118. The van der Waals surface area contributed by atoms with Crippen LogP contribution in [0.15, 0.2) is 12.1 Å². The summed E-state index contributed by atoms with van der Waals surface area (Å²) in [6.45, 7) is 3.26. The first-order valence-electron chi connectivity index (χ1n) is 3.91. The maximum Gasteiger partial charge on any atom is 0.151 e. The van der Waals surface area contributed by atoms with Crippen molar-refractivity contribution in [3.63, 3.8) is 0 Å². The molecule has 0 radical (unpaired) electrons. The Labute approximate surface area is 81.9 Å². The molecule has 0 bridgehead atoms. The van der Waals surface area contributed by atoms with Crippen molar-refractivity contribution in [2.45, 2.75) is 19.9 Å². The zero-order chi connectivity index (χ0) is 10.0. The van der Waals surface area contributed by atoms with E-state index in [1.807, 2.05) is 6.92 Å². The fourth-order valence-electron chi connectivity index (χ4n) is 0.987. The van der Waals surface area contributed by atoms with Crippen LogP contribution in [-0.4, -0.2) is 10.8 Å². The minimum atomic E-state index is -0.666. The van der Waals surface area contributed by atoms with Crippen molar-refractivity contribution in [1.29, 1.82) is 0 Å². The van der Waals surface area contributed by atoms with Gasteiger partial charge in [0.25, 0.3) is 0 Å². The Morgan fingerprint density at radius 1 is 1.62 bits per heavy atom. The molecule has 70 valence electrons. The largest absolute Gasteiger partial charge is 0.318 e. The molecule has 0 aromatic carbocycles. The highest BCUT2D eigenvalue weighted by Crippen LogP contribution is 2.20. The molecular formula is C9H11ClN2O. The highest BCUT2D eigenvalue weighted by Gasteiger charge is 2.14. The topological polar surface area (TPSA) is 56.0 Å². The summed E-state index contributed by atoms with van der Waals surface area (Å²) < 4.78 is 0. The number of hydrogen-bond donors (Lipinski definition) is 1. The van der Waals surface area contributed by atoms with E-state index in [0.29, 0.717) is 10.7 Å². The predicted molar refractivity (Wildman–Crippen MR) is 51.6 cm³/mol. The van der Waals surface area contributed by atoms with Crippen LogP contribution >= 0.6 is 11.6 Å². The second-order valence-corrected chi connectivity index (χ2v) is 3.28. The average Bonchev–Trinajstić information content (AvgIpc) is 2.03. The standard InChI is InChI=1S/C9H11ClN2O/c1-5-3-4-7(9(10)12-5)8(11)6(2)13/h3-4,8H,11H2,1-2H3. The van der Waals surface area contributed by atoms with E-state index >= 15 is 0 Å². The number of aromatic nitrogens is 1. The third-order valence-corrected chi connectivity index (χ3v) is 2.09. The van der Waals surface area contributed by atoms with Crippen molar-refractivity contribution in [2.24, 2.45) is 5.73 Å². The van der Waals surface area contributed by atoms with Gasteiger partial charge in [-0.3, -0.25) is 4.79 Å². The SMILES string of the molecule is CC(=O)C(N)c1ccc(C)nc1Cl. The number of nitrogens with two attached hydrogens (primary N) is 1. The van der Waals surface area contributed by atoms with Crippen molar-refractivity contribution < 1.29 is 4.79 Å². The van der Waals surface area contributed by atoms with Crippen LogP contribution in [-0.2, 0) is 4.79 Å². The summed E-state index contributed by atoms with van der Waals surface area (Å²) in [5, 5.41) is 0.308. The molecule has 1 atom stereocenters. The molecule has 1 unspecified atom stereocenters. The molecule has 3 nitrogen and oxygen atoms in total. The van der Waals surface area contributed by atoms with Gasteiger partial charge in [0.2, 0.25) is 0 Å². The van der Waals surface area contributed by atoms with Gasteiger partial charge in [-0.1, -0.05) is 17.7 Å². The van der Waals surface area contributed by atoms with E-state index < -0.39 is 6.04 Å². The zero-order valence-corrected chi connectivity index (χ0v) is 8.30. The fraction of sp³-hybridized carbons (Fsp3) is 0.333. The number of carbonyl (C=O) groups is 1. The van der Waals surface area contributed by atoms with Gasteiger partial charge < -0.3 is 5.73 Å². The molecule has 0 aliphatic carbocycles. The van der Waals surface area contributed by atoms with Gasteiger partial charge in [0.1, 0.15) is 5.15 Å². The molecule has 0 aliphatic heterocycles. The molecular weight excluding hydrogens is 188 g/mol. The van der Waals surface area contributed by atoms with Gasteiger partial charge in [-0.15, -0.1) is 0 Å². The molecule has 0 amide bonds. The third kappa shape index (κ3) is 2.26. The summed E-state index contributed by atoms with van der Waals surface area (Å²) >= 11 is 5.83. The summed E-state index contributed by atoms with van der Waals surface area (Å²) in [6, 6.07) is 2.85. The number of halogens is 1. The van der Waals surface area contributed by atoms with Crippen LogP contribution in [0, 0.1) is 6.92 Å². The number of ketones is 1. The van der Waals surface area contributed by atoms with Crippen LogP contribution in [0.4, 0.5) is 0 Å². The van der Waals surface area contributed by atoms with E-state index in [9.17, 15) is 4.79 Å². The van der Waals surface area contributed by atoms with Crippen LogP contribution < -0.4 is 5.73 Å². The molecule has 4 heteroatoms. The molecule has 0 fully saturated rings. The number of pyridine rings is 1. The summed E-state index contributed by atoms with van der Waals surface area (Å²) in [4.78, 5) is 15.0. The molecule has 1 heterocycles. The molecule has 0 saturated heterocycles. The van der Waals surface area contributed by atoms with Gasteiger partial charge in [-0.2, -0.15) is 0 Å². The van der Waals surface area contributed by atoms with Crippen molar-refractivity contribution in [1.82, 2.24) is 4.98 Å². The van der Waals surface area contributed by atoms with Crippen molar-refractivity contribution in [3.8, 4) is 0 Å². The lowest BCUT2D eigenvalue weighted by Crippen LogP contribution is -2.19. The Morgan fingerprint density at radius 3 is 2.69 bits per heavy atom. The molecule has 1 rings (SSSR count). The van der Waals surface area contributed by atoms with Gasteiger partial charge in [0.15, 0.2) is 5.78 Å². The molecule has 1 aromatic rings. The number of carbonyl (C=O) groups excluding carboxylic acids is 1. The van der Waals surface area contributed by atoms with Gasteiger partial charge in [0, 0.05) is 11.3 Å². The summed E-state index contributed by atoms with van der Waals surface area (Å²) in [5.74, 6) is -0.118. The number of hydrogen-bond acceptors (Lipinski definition) is 3. The van der Waals surface area contributed by atoms with Crippen LogP contribution in [0.5, 0.6) is 0 Å². The molecule has 0 saturated carbocycles. The molecule has 0 spiro atoms. The smallest absolute Gasteiger partial charge is 0.151 e. The van der Waals surface area contributed by atoms with Gasteiger partial charge in [-0.25, -0.2) is 4.98 Å². The second-order valence-electron chi connectivity index (χ2n) is 2.92. The number of aryl methyl sites for hydroxylation is 1. The van der Waals surface area contributed by atoms with Crippen LogP contribution in [0.2, 0.25) is 5.15 Å². The quantitative estimate of drug-likeness (QED) is 0.735. The van der Waals surface area contributed by atoms with Crippen LogP contribution in [0.3, 0.4) is 0 Å². The van der Waals surface area contributed by atoms with Crippen molar-refractivity contribution in [2.75, 3.05) is 0 Å². The Kier molecular flexibility index (Phi) is 3.01. The van der Waals surface area contributed by atoms with Gasteiger partial charge in [0.05, 0.1) is 6.04 Å². The third-order valence-electron chi connectivity index (χ3n) is 1.79. The Morgan fingerprint density at radius 2 is 2.23 bits per heavy atom. The van der Waals surface area contributed by atoms with E-state index in [4.69, 9.17) is 17.3 Å². The van der Waals surface area contributed by atoms with E-state index in [1.165, 1.54) is 6.92 Å². The van der Waals surface area contributed by atoms with Gasteiger partial charge >= 0.3 is 0 Å². The minimum absolute atomic E-state index is 0.118. The lowest BCUT2D eigenvalue weighted by atomic mass is 10.1. The normalized spacial score (nSPS) is 12.6. The number of nitrogens with zero attached hydrogens (tertiary/aromatic N) is 1. The number of rotatable bonds is 2. The monoisotopic (exact) mass is 198 g/mol. The van der Waals surface area contributed by atoms with E-state index in [1.54, 1.807) is 12.1 Å². The van der Waals surface area contributed by atoms with Crippen molar-refractivity contribution >= 4 is 17.4 Å². The highest BCUT2D eigenvalue weighted by atomic mass is 35.5. The minimum Gasteiger partial charge on any atom is -0.318 e. The predicted octanol–water partition coefficient (Wildman–Crippen LogP) is 1.63. The Balaban J connectivity index is 3.08. The zero-order valence-electron chi connectivity index (χ0n) is 7.54. The summed E-state index contributed by atoms with van der Waals surface area (Å²) in [7, 11) is 0. The van der Waals surface area contributed by atoms with E-state index in [2.05, 4.69) is 4.98 Å². The summed E-state index contributed by atoms with van der Waals surface area (Å²) in [5.41, 5.74) is 7.01.